The van der Waals surface area contributed by atoms with Crippen molar-refractivity contribution in [1.82, 2.24) is 4.90 Å². The van der Waals surface area contributed by atoms with Crippen molar-refractivity contribution >= 4 is 27.5 Å². The minimum atomic E-state index is -0.589. The van der Waals surface area contributed by atoms with Gasteiger partial charge in [0, 0.05) is 19.2 Å². The van der Waals surface area contributed by atoms with Gasteiger partial charge < -0.3 is 10.2 Å². The maximum absolute atomic E-state index is 13.6. The third kappa shape index (κ3) is 3.23. The molecule has 1 aromatic rings. The number of nitrogens with one attached hydrogen (secondary N) is 1. The monoisotopic (exact) mass is 332 g/mol. The topological polar surface area (TPSA) is 32.3 Å². The van der Waals surface area contributed by atoms with E-state index in [0.717, 1.165) is 38.1 Å². The van der Waals surface area contributed by atoms with Gasteiger partial charge in [0.2, 0.25) is 5.91 Å². The number of carbonyl (C=O) groups excluding carboxylic acids is 1. The fraction of sp³-hybridized carbons (Fsp3) is 0.462. The molecule has 0 spiro atoms. The molecule has 0 saturated carbocycles. The summed E-state index contributed by atoms with van der Waals surface area (Å²) in [7, 11) is 0. The molecule has 0 bridgehead atoms. The maximum Gasteiger partial charge on any atom is 0.244 e. The van der Waals surface area contributed by atoms with Crippen LogP contribution in [0.15, 0.2) is 16.6 Å². The number of carbonyl (C=O) groups is 1. The highest BCUT2D eigenvalue weighted by molar-refractivity contribution is 9.10. The van der Waals surface area contributed by atoms with Gasteiger partial charge in [-0.3, -0.25) is 4.79 Å². The summed E-state index contributed by atoms with van der Waals surface area (Å²) in [6.45, 7) is 3.13. The van der Waals surface area contributed by atoms with E-state index in [9.17, 15) is 13.6 Å². The standard InChI is InChI=1S/C13H15BrF2N2O/c1-8(13(19)18-4-2-3-5-18)17-12-7-10(15)9(14)6-11(12)16/h6-8,17H,2-5H2,1H3. The molecule has 1 fully saturated rings. The van der Waals surface area contributed by atoms with E-state index >= 15 is 0 Å². The lowest BCUT2D eigenvalue weighted by Crippen LogP contribution is -2.39. The zero-order valence-electron chi connectivity index (χ0n) is 10.5. The van der Waals surface area contributed by atoms with Crippen LogP contribution in [0.5, 0.6) is 0 Å². The summed E-state index contributed by atoms with van der Waals surface area (Å²) in [5.41, 5.74) is 0.000692. The molecule has 6 heteroatoms. The molecule has 1 aromatic carbocycles. The Morgan fingerprint density at radius 3 is 2.58 bits per heavy atom. The second-order valence-corrected chi connectivity index (χ2v) is 5.50. The van der Waals surface area contributed by atoms with Crippen LogP contribution in [0, 0.1) is 11.6 Å². The van der Waals surface area contributed by atoms with Gasteiger partial charge in [0.15, 0.2) is 0 Å². The molecule has 0 aliphatic carbocycles. The summed E-state index contributed by atoms with van der Waals surface area (Å²) >= 11 is 2.91. The van der Waals surface area contributed by atoms with Crippen molar-refractivity contribution in [3.05, 3.63) is 28.2 Å². The lowest BCUT2D eigenvalue weighted by Gasteiger charge is -2.22. The first-order valence-corrected chi connectivity index (χ1v) is 6.98. The van der Waals surface area contributed by atoms with E-state index in [1.807, 2.05) is 0 Å². The molecule has 3 nitrogen and oxygen atoms in total. The van der Waals surface area contributed by atoms with Crippen LogP contribution in [-0.4, -0.2) is 29.9 Å². The van der Waals surface area contributed by atoms with Crippen molar-refractivity contribution in [1.29, 1.82) is 0 Å². The molecule has 0 radical (unpaired) electrons. The molecule has 1 saturated heterocycles. The molecule has 0 aromatic heterocycles. The van der Waals surface area contributed by atoms with Crippen LogP contribution < -0.4 is 5.32 Å². The van der Waals surface area contributed by atoms with Gasteiger partial charge in [-0.2, -0.15) is 0 Å². The number of halogens is 3. The lowest BCUT2D eigenvalue weighted by atomic mass is 10.2. The van der Waals surface area contributed by atoms with E-state index in [2.05, 4.69) is 21.2 Å². The molecule has 1 heterocycles. The molecule has 2 rings (SSSR count). The summed E-state index contributed by atoms with van der Waals surface area (Å²) in [4.78, 5) is 13.8. The number of anilines is 1. The minimum Gasteiger partial charge on any atom is -0.371 e. The molecule has 1 aliphatic rings. The Labute approximate surface area is 119 Å². The Kier molecular flexibility index (Phi) is 4.39. The number of benzene rings is 1. The normalized spacial score (nSPS) is 16.5. The molecule has 1 unspecified atom stereocenters. The number of likely N-dealkylation sites (tertiary alicyclic amines) is 1. The molecular formula is C13H15BrF2N2O. The van der Waals surface area contributed by atoms with Crippen molar-refractivity contribution in [2.75, 3.05) is 18.4 Å². The highest BCUT2D eigenvalue weighted by atomic mass is 79.9. The third-order valence-corrected chi connectivity index (χ3v) is 3.78. The van der Waals surface area contributed by atoms with Gasteiger partial charge in [-0.25, -0.2) is 8.78 Å². The first-order chi connectivity index (χ1) is 8.99. The van der Waals surface area contributed by atoms with Crippen LogP contribution in [0.2, 0.25) is 0 Å². The SMILES string of the molecule is CC(Nc1cc(F)c(Br)cc1F)C(=O)N1CCCC1. The van der Waals surface area contributed by atoms with Crippen molar-refractivity contribution in [3.8, 4) is 0 Å². The summed E-state index contributed by atoms with van der Waals surface area (Å²) in [5, 5.41) is 2.73. The average molecular weight is 333 g/mol. The number of nitrogens with zero attached hydrogens (tertiary/aromatic N) is 1. The van der Waals surface area contributed by atoms with Crippen LogP contribution in [0.3, 0.4) is 0 Å². The first-order valence-electron chi connectivity index (χ1n) is 6.19. The van der Waals surface area contributed by atoms with E-state index in [1.165, 1.54) is 0 Å². The molecule has 1 amide bonds. The maximum atomic E-state index is 13.6. The van der Waals surface area contributed by atoms with E-state index in [-0.39, 0.29) is 16.1 Å². The van der Waals surface area contributed by atoms with Crippen LogP contribution in [0.4, 0.5) is 14.5 Å². The Hall–Kier alpha value is -1.17. The molecular weight excluding hydrogens is 318 g/mol. The number of hydrogen-bond donors (Lipinski definition) is 1. The minimum absolute atomic E-state index is 0.000692. The summed E-state index contributed by atoms with van der Waals surface area (Å²) < 4.78 is 27.1. The molecule has 1 N–H and O–H groups in total. The molecule has 104 valence electrons. The zero-order valence-corrected chi connectivity index (χ0v) is 12.1. The van der Waals surface area contributed by atoms with Gasteiger partial charge >= 0.3 is 0 Å². The Morgan fingerprint density at radius 1 is 1.32 bits per heavy atom. The highest BCUT2D eigenvalue weighted by Crippen LogP contribution is 2.24. The van der Waals surface area contributed by atoms with E-state index in [4.69, 9.17) is 0 Å². The van der Waals surface area contributed by atoms with E-state index in [1.54, 1.807) is 11.8 Å². The first kappa shape index (κ1) is 14.2. The predicted molar refractivity (Wildman–Crippen MR) is 73.0 cm³/mol. The number of amides is 1. The van der Waals surface area contributed by atoms with Gasteiger partial charge in [0.25, 0.3) is 0 Å². The fourth-order valence-corrected chi connectivity index (χ4v) is 2.45. The second kappa shape index (κ2) is 5.86. The highest BCUT2D eigenvalue weighted by Gasteiger charge is 2.24. The largest absolute Gasteiger partial charge is 0.371 e. The van der Waals surface area contributed by atoms with Crippen LogP contribution in [0.25, 0.3) is 0 Å². The van der Waals surface area contributed by atoms with Crippen molar-refractivity contribution in [3.63, 3.8) is 0 Å². The van der Waals surface area contributed by atoms with E-state index in [0.29, 0.717) is 0 Å². The Morgan fingerprint density at radius 2 is 1.95 bits per heavy atom. The third-order valence-electron chi connectivity index (χ3n) is 3.17. The average Bonchev–Trinajstić information content (AvgIpc) is 2.88. The molecule has 1 aliphatic heterocycles. The molecule has 19 heavy (non-hydrogen) atoms. The van der Waals surface area contributed by atoms with Crippen LogP contribution >= 0.6 is 15.9 Å². The van der Waals surface area contributed by atoms with Crippen molar-refractivity contribution < 1.29 is 13.6 Å². The van der Waals surface area contributed by atoms with Crippen LogP contribution in [-0.2, 0) is 4.79 Å². The number of hydrogen-bond acceptors (Lipinski definition) is 2. The Balaban J connectivity index is 2.08. The van der Waals surface area contributed by atoms with Gasteiger partial charge in [-0.1, -0.05) is 0 Å². The fourth-order valence-electron chi connectivity index (χ4n) is 2.14. The van der Waals surface area contributed by atoms with Crippen molar-refractivity contribution in [2.45, 2.75) is 25.8 Å². The van der Waals surface area contributed by atoms with Gasteiger partial charge in [-0.05, 0) is 41.8 Å². The predicted octanol–water partition coefficient (Wildman–Crippen LogP) is 3.15. The van der Waals surface area contributed by atoms with Crippen molar-refractivity contribution in [2.24, 2.45) is 0 Å². The number of rotatable bonds is 3. The van der Waals surface area contributed by atoms with Crippen LogP contribution in [0.1, 0.15) is 19.8 Å². The zero-order chi connectivity index (χ0) is 14.0. The van der Waals surface area contributed by atoms with Gasteiger partial charge in [0.05, 0.1) is 10.2 Å². The van der Waals surface area contributed by atoms with Gasteiger partial charge in [0.1, 0.15) is 17.7 Å². The lowest BCUT2D eigenvalue weighted by molar-refractivity contribution is -0.130. The summed E-state index contributed by atoms with van der Waals surface area (Å²) in [6, 6.07) is 1.52. The smallest absolute Gasteiger partial charge is 0.244 e. The Bertz CT molecular complexity index is 490. The second-order valence-electron chi connectivity index (χ2n) is 4.64. The quantitative estimate of drug-likeness (QED) is 0.862. The summed E-state index contributed by atoms with van der Waals surface area (Å²) in [6.07, 6.45) is 2.00. The van der Waals surface area contributed by atoms with Gasteiger partial charge in [-0.15, -0.1) is 0 Å². The molecule has 1 atom stereocenters. The summed E-state index contributed by atoms with van der Waals surface area (Å²) in [5.74, 6) is -1.24. The van der Waals surface area contributed by atoms with E-state index < -0.39 is 17.7 Å².